The molecule has 0 aliphatic carbocycles. The van der Waals surface area contributed by atoms with Crippen LogP contribution in [0.1, 0.15) is 27.2 Å². The van der Waals surface area contributed by atoms with Crippen LogP contribution in [0.15, 0.2) is 76.5 Å². The Balaban J connectivity index is 1.69. The molecule has 1 N–H and O–H groups in total. The monoisotopic (exact) mass is 395 g/mol. The number of halogens is 1. The van der Waals surface area contributed by atoms with Gasteiger partial charge < -0.3 is 9.73 Å². The number of amides is 1. The van der Waals surface area contributed by atoms with Crippen molar-refractivity contribution in [3.05, 3.63) is 93.5 Å². The molecule has 7 heteroatoms. The fraction of sp³-hybridized carbons (Fsp3) is 0.0500. The van der Waals surface area contributed by atoms with Gasteiger partial charge in [0.1, 0.15) is 6.04 Å². The zero-order chi connectivity index (χ0) is 18.6. The topological polar surface area (TPSA) is 68.0 Å². The summed E-state index contributed by atoms with van der Waals surface area (Å²) in [5.74, 6) is 0.402. The zero-order valence-electron chi connectivity index (χ0n) is 14.0. The SMILES string of the molecule is O=C(NC(c1ccccc1)c1nnc(-c2ccccc2Cl)o1)c1cccs1. The number of hydrogen-bond donors (Lipinski definition) is 1. The van der Waals surface area contributed by atoms with Crippen LogP contribution in [0.25, 0.3) is 11.5 Å². The average Bonchev–Trinajstić information content (AvgIpc) is 3.39. The highest BCUT2D eigenvalue weighted by Crippen LogP contribution is 2.29. The maximum atomic E-state index is 12.6. The van der Waals surface area contributed by atoms with Crippen molar-refractivity contribution < 1.29 is 9.21 Å². The molecule has 134 valence electrons. The Labute approximate surface area is 164 Å². The van der Waals surface area contributed by atoms with E-state index < -0.39 is 6.04 Å². The van der Waals surface area contributed by atoms with Gasteiger partial charge >= 0.3 is 0 Å². The van der Waals surface area contributed by atoms with Crippen LogP contribution < -0.4 is 5.32 Å². The molecule has 0 radical (unpaired) electrons. The first-order valence-electron chi connectivity index (χ1n) is 8.20. The second-order valence-corrected chi connectivity index (χ2v) is 7.07. The van der Waals surface area contributed by atoms with E-state index in [4.69, 9.17) is 16.0 Å². The zero-order valence-corrected chi connectivity index (χ0v) is 15.6. The van der Waals surface area contributed by atoms with E-state index in [0.717, 1.165) is 5.56 Å². The number of thiophene rings is 1. The van der Waals surface area contributed by atoms with Crippen molar-refractivity contribution in [1.82, 2.24) is 15.5 Å². The number of carbonyl (C=O) groups excluding carboxylic acids is 1. The lowest BCUT2D eigenvalue weighted by molar-refractivity contribution is 0.0942. The van der Waals surface area contributed by atoms with Crippen LogP contribution in [0.5, 0.6) is 0 Å². The van der Waals surface area contributed by atoms with Crippen molar-refractivity contribution in [3.63, 3.8) is 0 Å². The van der Waals surface area contributed by atoms with Gasteiger partial charge in [-0.25, -0.2) is 0 Å². The molecule has 0 saturated carbocycles. The van der Waals surface area contributed by atoms with Gasteiger partial charge in [0.25, 0.3) is 5.91 Å². The molecule has 4 rings (SSSR count). The number of benzene rings is 2. The Morgan fingerprint density at radius 2 is 1.78 bits per heavy atom. The van der Waals surface area contributed by atoms with E-state index in [1.54, 1.807) is 18.2 Å². The summed E-state index contributed by atoms with van der Waals surface area (Å²) in [4.78, 5) is 13.2. The summed E-state index contributed by atoms with van der Waals surface area (Å²) in [6.07, 6.45) is 0. The molecule has 0 fully saturated rings. The fourth-order valence-corrected chi connectivity index (χ4v) is 3.48. The summed E-state index contributed by atoms with van der Waals surface area (Å²) in [7, 11) is 0. The molecule has 27 heavy (non-hydrogen) atoms. The van der Waals surface area contributed by atoms with Gasteiger partial charge in [0.05, 0.1) is 15.5 Å². The number of nitrogens with one attached hydrogen (secondary N) is 1. The summed E-state index contributed by atoms with van der Waals surface area (Å²) in [6, 6.07) is 19.8. The Kier molecular flexibility index (Phi) is 5.00. The first-order chi connectivity index (χ1) is 13.2. The lowest BCUT2D eigenvalue weighted by Crippen LogP contribution is -2.29. The Morgan fingerprint density at radius 3 is 2.52 bits per heavy atom. The molecule has 4 aromatic rings. The quantitative estimate of drug-likeness (QED) is 0.518. The molecule has 0 bridgehead atoms. The molecular weight excluding hydrogens is 382 g/mol. The Morgan fingerprint density at radius 1 is 1.00 bits per heavy atom. The van der Waals surface area contributed by atoms with Crippen LogP contribution in [0, 0.1) is 0 Å². The molecule has 2 aromatic carbocycles. The minimum atomic E-state index is -0.565. The number of carbonyl (C=O) groups is 1. The van der Waals surface area contributed by atoms with Gasteiger partial charge in [-0.15, -0.1) is 21.5 Å². The predicted molar refractivity (Wildman–Crippen MR) is 105 cm³/mol. The Hall–Kier alpha value is -2.96. The van der Waals surface area contributed by atoms with Gasteiger partial charge in [-0.2, -0.15) is 0 Å². The number of aromatic nitrogens is 2. The molecule has 0 spiro atoms. The summed E-state index contributed by atoms with van der Waals surface area (Å²) < 4.78 is 5.87. The molecular formula is C20H14ClN3O2S. The molecule has 2 aromatic heterocycles. The standard InChI is InChI=1S/C20H14ClN3O2S/c21-15-10-5-4-9-14(15)19-23-24-20(26-19)17(13-7-2-1-3-8-13)22-18(25)16-11-6-12-27-16/h1-12,17H,(H,22,25). The second kappa shape index (κ2) is 7.73. The van der Waals surface area contributed by atoms with Crippen molar-refractivity contribution in [2.75, 3.05) is 0 Å². The van der Waals surface area contributed by atoms with Crippen LogP contribution in [0.3, 0.4) is 0 Å². The van der Waals surface area contributed by atoms with Crippen LogP contribution >= 0.6 is 22.9 Å². The highest BCUT2D eigenvalue weighted by Gasteiger charge is 2.24. The third-order valence-electron chi connectivity index (χ3n) is 3.95. The average molecular weight is 396 g/mol. The molecule has 1 unspecified atom stereocenters. The number of hydrogen-bond acceptors (Lipinski definition) is 5. The van der Waals surface area contributed by atoms with Crippen LogP contribution in [0.2, 0.25) is 5.02 Å². The van der Waals surface area contributed by atoms with E-state index in [-0.39, 0.29) is 5.91 Å². The summed E-state index contributed by atoms with van der Waals surface area (Å²) in [5, 5.41) is 13.6. The van der Waals surface area contributed by atoms with E-state index in [1.165, 1.54) is 11.3 Å². The predicted octanol–water partition coefficient (Wildman–Crippen LogP) is 4.97. The van der Waals surface area contributed by atoms with E-state index >= 15 is 0 Å². The van der Waals surface area contributed by atoms with Crippen molar-refractivity contribution in [1.29, 1.82) is 0 Å². The maximum Gasteiger partial charge on any atom is 0.262 e. The highest BCUT2D eigenvalue weighted by atomic mass is 35.5. The smallest absolute Gasteiger partial charge is 0.262 e. The molecule has 0 aliphatic heterocycles. The second-order valence-electron chi connectivity index (χ2n) is 5.72. The largest absolute Gasteiger partial charge is 0.418 e. The summed E-state index contributed by atoms with van der Waals surface area (Å²) in [5.41, 5.74) is 1.49. The highest BCUT2D eigenvalue weighted by molar-refractivity contribution is 7.12. The Bertz CT molecular complexity index is 1050. The van der Waals surface area contributed by atoms with Crippen LogP contribution in [0.4, 0.5) is 0 Å². The van der Waals surface area contributed by atoms with Gasteiger partial charge in [0.2, 0.25) is 11.8 Å². The minimum Gasteiger partial charge on any atom is -0.418 e. The molecule has 1 amide bonds. The van der Waals surface area contributed by atoms with Gasteiger partial charge in [-0.1, -0.05) is 60.1 Å². The maximum absolute atomic E-state index is 12.6. The van der Waals surface area contributed by atoms with E-state index in [0.29, 0.717) is 27.2 Å². The molecule has 5 nitrogen and oxygen atoms in total. The molecule has 0 aliphatic rings. The molecule has 1 atom stereocenters. The normalized spacial score (nSPS) is 11.9. The number of nitrogens with zero attached hydrogens (tertiary/aromatic N) is 2. The van der Waals surface area contributed by atoms with E-state index in [1.807, 2.05) is 53.9 Å². The first-order valence-corrected chi connectivity index (χ1v) is 9.46. The van der Waals surface area contributed by atoms with Crippen molar-refractivity contribution >= 4 is 28.8 Å². The van der Waals surface area contributed by atoms with Crippen molar-refractivity contribution in [3.8, 4) is 11.5 Å². The summed E-state index contributed by atoms with van der Waals surface area (Å²) in [6.45, 7) is 0. The van der Waals surface area contributed by atoms with Gasteiger partial charge in [-0.3, -0.25) is 4.79 Å². The van der Waals surface area contributed by atoms with Gasteiger partial charge in [-0.05, 0) is 29.1 Å². The lowest BCUT2D eigenvalue weighted by Gasteiger charge is -2.15. The first kappa shape index (κ1) is 17.5. The van der Waals surface area contributed by atoms with Gasteiger partial charge in [0.15, 0.2) is 0 Å². The lowest BCUT2D eigenvalue weighted by atomic mass is 10.1. The molecule has 0 saturated heterocycles. The molecule has 2 heterocycles. The van der Waals surface area contributed by atoms with E-state index in [2.05, 4.69) is 15.5 Å². The fourth-order valence-electron chi connectivity index (χ4n) is 2.64. The third kappa shape index (κ3) is 3.77. The summed E-state index contributed by atoms with van der Waals surface area (Å²) >= 11 is 7.59. The van der Waals surface area contributed by atoms with Gasteiger partial charge in [0, 0.05) is 0 Å². The van der Waals surface area contributed by atoms with Crippen LogP contribution in [-0.4, -0.2) is 16.1 Å². The van der Waals surface area contributed by atoms with E-state index in [9.17, 15) is 4.79 Å². The van der Waals surface area contributed by atoms with Crippen molar-refractivity contribution in [2.45, 2.75) is 6.04 Å². The number of rotatable bonds is 5. The third-order valence-corrected chi connectivity index (χ3v) is 5.14. The minimum absolute atomic E-state index is 0.198. The van der Waals surface area contributed by atoms with Crippen molar-refractivity contribution in [2.24, 2.45) is 0 Å². The van der Waals surface area contributed by atoms with Crippen LogP contribution in [-0.2, 0) is 0 Å².